The second-order valence-corrected chi connectivity index (χ2v) is 6.99. The largest absolute Gasteiger partial charge is 0.481 e. The molecule has 1 aromatic carbocycles. The molecule has 1 aliphatic heterocycles. The molecule has 1 fully saturated rings. The van der Waals surface area contributed by atoms with Crippen LogP contribution < -0.4 is 5.32 Å². The van der Waals surface area contributed by atoms with Gasteiger partial charge in [-0.3, -0.25) is 19.7 Å². The summed E-state index contributed by atoms with van der Waals surface area (Å²) >= 11 is 0. The van der Waals surface area contributed by atoms with Crippen molar-refractivity contribution in [2.45, 2.75) is 56.6 Å². The number of carbonyl (C=O) groups is 2. The molecule has 1 heterocycles. The molecule has 2 N–H and O–H groups in total. The summed E-state index contributed by atoms with van der Waals surface area (Å²) in [7, 11) is 0. The van der Waals surface area contributed by atoms with Crippen molar-refractivity contribution in [2.75, 3.05) is 0 Å². The molecule has 2 aliphatic rings. The van der Waals surface area contributed by atoms with Crippen LogP contribution in [-0.4, -0.2) is 39.3 Å². The molecule has 9 nitrogen and oxygen atoms in total. The molecule has 144 valence electrons. The van der Waals surface area contributed by atoms with Gasteiger partial charge in [0.25, 0.3) is 11.6 Å². The van der Waals surface area contributed by atoms with E-state index in [1.54, 1.807) is 6.07 Å². The zero-order valence-electron chi connectivity index (χ0n) is 14.7. The van der Waals surface area contributed by atoms with E-state index in [1.807, 2.05) is 0 Å². The second kappa shape index (κ2) is 7.73. The number of hydrogen-bond donors (Lipinski definition) is 2. The van der Waals surface area contributed by atoms with E-state index in [4.69, 9.17) is 4.84 Å². The molecular weight excluding hydrogens is 354 g/mol. The number of amides is 1. The number of oxime groups is 1. The lowest BCUT2D eigenvalue weighted by Gasteiger charge is -2.29. The Morgan fingerprint density at radius 2 is 2.07 bits per heavy atom. The highest BCUT2D eigenvalue weighted by Crippen LogP contribution is 2.32. The standard InChI is InChI=1S/C18H21N3O6/c22-16(23)11-18(17(24)19-13-6-2-1-3-7-13)10-15(20-27-18)12-5-4-8-14(9-12)21(25)26/h4-5,8-9,13H,1-3,6-7,10-11H2,(H,19,24)(H,22,23)/t18-/m1/s1. The Kier molecular flexibility index (Phi) is 5.38. The fraction of sp³-hybridized carbons (Fsp3) is 0.500. The van der Waals surface area contributed by atoms with E-state index in [1.165, 1.54) is 18.2 Å². The molecule has 27 heavy (non-hydrogen) atoms. The van der Waals surface area contributed by atoms with Crippen molar-refractivity contribution < 1.29 is 24.5 Å². The number of carboxylic acids is 1. The summed E-state index contributed by atoms with van der Waals surface area (Å²) in [5, 5.41) is 27.0. The Morgan fingerprint density at radius 3 is 2.74 bits per heavy atom. The first-order chi connectivity index (χ1) is 12.9. The zero-order chi connectivity index (χ0) is 19.4. The van der Waals surface area contributed by atoms with E-state index in [0.29, 0.717) is 11.3 Å². The molecule has 1 aromatic rings. The number of hydrogen-bond acceptors (Lipinski definition) is 6. The van der Waals surface area contributed by atoms with Gasteiger partial charge >= 0.3 is 5.97 Å². The third kappa shape index (κ3) is 4.24. The smallest absolute Gasteiger partial charge is 0.308 e. The molecule has 0 saturated heterocycles. The molecule has 0 spiro atoms. The average Bonchev–Trinajstić information content (AvgIpc) is 3.07. The van der Waals surface area contributed by atoms with Crippen molar-refractivity contribution in [1.29, 1.82) is 0 Å². The summed E-state index contributed by atoms with van der Waals surface area (Å²) in [6, 6.07) is 5.81. The van der Waals surface area contributed by atoms with E-state index in [2.05, 4.69) is 10.5 Å². The number of nitrogens with one attached hydrogen (secondary N) is 1. The third-order valence-electron chi connectivity index (χ3n) is 4.96. The maximum atomic E-state index is 12.8. The molecule has 0 radical (unpaired) electrons. The van der Waals surface area contributed by atoms with Crippen LogP contribution in [0.15, 0.2) is 29.4 Å². The van der Waals surface area contributed by atoms with Crippen molar-refractivity contribution in [3.8, 4) is 0 Å². The summed E-state index contributed by atoms with van der Waals surface area (Å²) in [6.45, 7) is 0. The number of carbonyl (C=O) groups excluding carboxylic acids is 1. The number of benzene rings is 1. The number of nitro benzene ring substituents is 1. The molecule has 0 aromatic heterocycles. The number of non-ortho nitro benzene ring substituents is 1. The quantitative estimate of drug-likeness (QED) is 0.580. The van der Waals surface area contributed by atoms with Crippen LogP contribution in [0.5, 0.6) is 0 Å². The van der Waals surface area contributed by atoms with E-state index in [-0.39, 0.29) is 18.2 Å². The maximum absolute atomic E-state index is 12.8. The van der Waals surface area contributed by atoms with Gasteiger partial charge in [-0.25, -0.2) is 0 Å². The van der Waals surface area contributed by atoms with Crippen molar-refractivity contribution >= 4 is 23.3 Å². The zero-order valence-corrected chi connectivity index (χ0v) is 14.7. The number of nitrogens with zero attached hydrogens (tertiary/aromatic N) is 2. The van der Waals surface area contributed by atoms with Gasteiger partial charge in [0.05, 0.1) is 17.1 Å². The van der Waals surface area contributed by atoms with E-state index in [9.17, 15) is 24.8 Å². The van der Waals surface area contributed by atoms with Crippen LogP contribution in [0.2, 0.25) is 0 Å². The van der Waals surface area contributed by atoms with Crippen LogP contribution >= 0.6 is 0 Å². The molecule has 0 unspecified atom stereocenters. The van der Waals surface area contributed by atoms with Crippen LogP contribution in [0.1, 0.15) is 50.5 Å². The number of carboxylic acid groups (broad SMARTS) is 1. The molecule has 1 aliphatic carbocycles. The van der Waals surface area contributed by atoms with Gasteiger partial charge in [0.1, 0.15) is 0 Å². The van der Waals surface area contributed by atoms with Crippen LogP contribution in [-0.2, 0) is 14.4 Å². The summed E-state index contributed by atoms with van der Waals surface area (Å²) < 4.78 is 0. The molecule has 3 rings (SSSR count). The topological polar surface area (TPSA) is 131 Å². The Labute approximate surface area is 155 Å². The van der Waals surface area contributed by atoms with E-state index in [0.717, 1.165) is 32.1 Å². The van der Waals surface area contributed by atoms with Crippen LogP contribution in [0.25, 0.3) is 0 Å². The Balaban J connectivity index is 1.78. The fourth-order valence-electron chi connectivity index (χ4n) is 3.54. The minimum atomic E-state index is -1.64. The van der Waals surface area contributed by atoms with Crippen molar-refractivity contribution in [2.24, 2.45) is 5.16 Å². The van der Waals surface area contributed by atoms with Gasteiger partial charge < -0.3 is 15.3 Å². The highest BCUT2D eigenvalue weighted by molar-refractivity contribution is 6.06. The van der Waals surface area contributed by atoms with Crippen LogP contribution in [0, 0.1) is 10.1 Å². The molecular formula is C18H21N3O6. The van der Waals surface area contributed by atoms with Crippen LogP contribution in [0.4, 0.5) is 5.69 Å². The summed E-state index contributed by atoms with van der Waals surface area (Å²) in [4.78, 5) is 40.0. The lowest BCUT2D eigenvalue weighted by atomic mass is 9.88. The first-order valence-corrected chi connectivity index (χ1v) is 8.92. The molecule has 0 bridgehead atoms. The lowest BCUT2D eigenvalue weighted by molar-refractivity contribution is -0.384. The van der Waals surface area contributed by atoms with Crippen molar-refractivity contribution in [3.05, 3.63) is 39.9 Å². The van der Waals surface area contributed by atoms with Gasteiger partial charge in [-0.15, -0.1) is 0 Å². The number of nitro groups is 1. The Morgan fingerprint density at radius 1 is 1.33 bits per heavy atom. The maximum Gasteiger partial charge on any atom is 0.308 e. The molecule has 1 saturated carbocycles. The van der Waals surface area contributed by atoms with Crippen LogP contribution in [0.3, 0.4) is 0 Å². The molecule has 1 amide bonds. The van der Waals surface area contributed by atoms with Crippen molar-refractivity contribution in [3.63, 3.8) is 0 Å². The number of rotatable bonds is 6. The highest BCUT2D eigenvalue weighted by Gasteiger charge is 2.49. The van der Waals surface area contributed by atoms with Gasteiger partial charge in [0.15, 0.2) is 0 Å². The minimum Gasteiger partial charge on any atom is -0.481 e. The average molecular weight is 375 g/mol. The SMILES string of the molecule is O=C(O)C[C@@]1(C(=O)NC2CCCCC2)CC(c2cccc([N+](=O)[O-])c2)=NO1. The van der Waals surface area contributed by atoms with Gasteiger partial charge in [0, 0.05) is 30.2 Å². The van der Waals surface area contributed by atoms with E-state index < -0.39 is 28.8 Å². The summed E-state index contributed by atoms with van der Waals surface area (Å²) in [5.41, 5.74) is -0.998. The number of aliphatic carboxylic acids is 1. The van der Waals surface area contributed by atoms with Gasteiger partial charge in [-0.2, -0.15) is 0 Å². The summed E-state index contributed by atoms with van der Waals surface area (Å²) in [5.74, 6) is -1.68. The van der Waals surface area contributed by atoms with Gasteiger partial charge in [0.2, 0.25) is 5.60 Å². The second-order valence-electron chi connectivity index (χ2n) is 6.99. The lowest BCUT2D eigenvalue weighted by Crippen LogP contribution is -2.52. The normalized spacial score (nSPS) is 22.6. The highest BCUT2D eigenvalue weighted by atomic mass is 16.7. The third-order valence-corrected chi connectivity index (χ3v) is 4.96. The minimum absolute atomic E-state index is 0.00221. The predicted molar refractivity (Wildman–Crippen MR) is 95.3 cm³/mol. The van der Waals surface area contributed by atoms with Gasteiger partial charge in [-0.1, -0.05) is 36.6 Å². The Hall–Kier alpha value is -2.97. The summed E-state index contributed by atoms with van der Waals surface area (Å²) in [6.07, 6.45) is 4.29. The van der Waals surface area contributed by atoms with E-state index >= 15 is 0 Å². The molecule has 9 heteroatoms. The molecule has 1 atom stereocenters. The Bertz CT molecular complexity index is 787. The predicted octanol–water partition coefficient (Wildman–Crippen LogP) is 2.38. The van der Waals surface area contributed by atoms with Gasteiger partial charge in [-0.05, 0) is 12.8 Å². The van der Waals surface area contributed by atoms with Crippen molar-refractivity contribution in [1.82, 2.24) is 5.32 Å². The first-order valence-electron chi connectivity index (χ1n) is 8.92. The monoisotopic (exact) mass is 375 g/mol. The first kappa shape index (κ1) is 18.8. The fourth-order valence-corrected chi connectivity index (χ4v) is 3.54.